The van der Waals surface area contributed by atoms with Crippen LogP contribution in [0.4, 0.5) is 16.3 Å². The average Bonchev–Trinajstić information content (AvgIpc) is 2.83. The molecule has 3 aliphatic heterocycles. The van der Waals surface area contributed by atoms with Crippen molar-refractivity contribution in [3.63, 3.8) is 0 Å². The quantitative estimate of drug-likeness (QED) is 0.755. The average molecular weight is 449 g/mol. The van der Waals surface area contributed by atoms with Crippen molar-refractivity contribution in [2.45, 2.75) is 51.4 Å². The van der Waals surface area contributed by atoms with Gasteiger partial charge in [-0.2, -0.15) is 0 Å². The van der Waals surface area contributed by atoms with E-state index >= 15 is 0 Å². The molecule has 0 aliphatic carbocycles. The highest BCUT2D eigenvalue weighted by atomic mass is 16.2. The number of pyridine rings is 1. The Morgan fingerprint density at radius 1 is 1.06 bits per heavy atom. The number of rotatable bonds is 3. The summed E-state index contributed by atoms with van der Waals surface area (Å²) in [5.74, 6) is 0.904. The zero-order valence-corrected chi connectivity index (χ0v) is 19.3. The first-order valence-corrected chi connectivity index (χ1v) is 11.9. The fourth-order valence-electron chi connectivity index (χ4n) is 5.32. The van der Waals surface area contributed by atoms with Crippen molar-refractivity contribution in [2.75, 3.05) is 36.4 Å². The first-order chi connectivity index (χ1) is 16.0. The third-order valence-corrected chi connectivity index (χ3v) is 6.93. The second-order valence-corrected chi connectivity index (χ2v) is 9.52. The number of amides is 3. The fourth-order valence-corrected chi connectivity index (χ4v) is 5.32. The van der Waals surface area contributed by atoms with Gasteiger partial charge in [0.05, 0.1) is 0 Å². The molecule has 1 aromatic heterocycles. The highest BCUT2D eigenvalue weighted by molar-refractivity contribution is 5.95. The van der Waals surface area contributed by atoms with Gasteiger partial charge in [-0.25, -0.2) is 9.78 Å². The number of hydrogen-bond donors (Lipinski definition) is 2. The van der Waals surface area contributed by atoms with Crippen molar-refractivity contribution < 1.29 is 9.59 Å². The summed E-state index contributed by atoms with van der Waals surface area (Å²) in [5.41, 5.74) is 2.76. The van der Waals surface area contributed by atoms with Crippen LogP contribution in [0.1, 0.15) is 42.6 Å². The topological polar surface area (TPSA) is 80.8 Å². The van der Waals surface area contributed by atoms with Crippen molar-refractivity contribution in [1.82, 2.24) is 20.1 Å². The third kappa shape index (κ3) is 4.53. The number of piperazine rings is 1. The van der Waals surface area contributed by atoms with Crippen LogP contribution in [0.15, 0.2) is 42.6 Å². The Bertz CT molecular complexity index is 1030. The van der Waals surface area contributed by atoms with E-state index < -0.39 is 0 Å². The number of carbonyl (C=O) groups excluding carboxylic acids is 2. The highest BCUT2D eigenvalue weighted by Crippen LogP contribution is 2.29. The molecule has 174 valence electrons. The maximum atomic E-state index is 13.1. The van der Waals surface area contributed by atoms with Crippen molar-refractivity contribution in [2.24, 2.45) is 0 Å². The Kier molecular flexibility index (Phi) is 5.93. The fraction of sp³-hybridized carbons (Fsp3) is 0.480. The lowest BCUT2D eigenvalue weighted by Crippen LogP contribution is -2.55. The number of piperidine rings is 1. The van der Waals surface area contributed by atoms with Gasteiger partial charge in [0.25, 0.3) is 5.91 Å². The molecule has 8 heteroatoms. The molecule has 2 N–H and O–H groups in total. The van der Waals surface area contributed by atoms with Crippen LogP contribution in [-0.4, -0.2) is 71.0 Å². The van der Waals surface area contributed by atoms with Crippen LogP contribution >= 0.6 is 0 Å². The standard InChI is InChI=1S/C25H32N6O2/c1-17-14-30(15-18(2)27-17)24(32)19-7-10-26-23(13-19)29-11-8-21(9-12-29)31-16-20-5-3-4-6-22(20)28-25(31)33/h3-7,10,13,17-18,21,27H,8-9,11-12,14-16H2,1-2H3,(H,28,33)/t17-,18+. The summed E-state index contributed by atoms with van der Waals surface area (Å²) in [4.78, 5) is 36.5. The Labute approximate surface area is 195 Å². The van der Waals surface area contributed by atoms with Gasteiger partial charge >= 0.3 is 6.03 Å². The maximum Gasteiger partial charge on any atom is 0.322 e. The minimum atomic E-state index is -0.0163. The predicted molar refractivity (Wildman–Crippen MR) is 128 cm³/mol. The molecule has 2 aromatic rings. The van der Waals surface area contributed by atoms with Crippen molar-refractivity contribution >= 4 is 23.4 Å². The van der Waals surface area contributed by atoms with E-state index in [0.29, 0.717) is 25.2 Å². The number of nitrogens with one attached hydrogen (secondary N) is 2. The van der Waals surface area contributed by atoms with Gasteiger partial charge in [-0.05, 0) is 50.5 Å². The van der Waals surface area contributed by atoms with Gasteiger partial charge in [0, 0.05) is 68.3 Å². The molecule has 2 atom stereocenters. The minimum absolute atomic E-state index is 0.0163. The van der Waals surface area contributed by atoms with Gasteiger partial charge in [0.1, 0.15) is 5.82 Å². The molecule has 2 saturated heterocycles. The summed E-state index contributed by atoms with van der Waals surface area (Å²) in [5, 5.41) is 6.49. The van der Waals surface area contributed by atoms with E-state index in [1.54, 1.807) is 6.20 Å². The van der Waals surface area contributed by atoms with Crippen LogP contribution in [0, 0.1) is 0 Å². The molecule has 2 fully saturated rings. The van der Waals surface area contributed by atoms with E-state index in [0.717, 1.165) is 43.0 Å². The van der Waals surface area contributed by atoms with E-state index in [-0.39, 0.29) is 30.1 Å². The summed E-state index contributed by atoms with van der Waals surface area (Å²) in [6, 6.07) is 12.5. The summed E-state index contributed by atoms with van der Waals surface area (Å²) in [6.45, 7) is 7.92. The number of anilines is 2. The molecule has 0 bridgehead atoms. The molecule has 0 spiro atoms. The molecule has 0 saturated carbocycles. The van der Waals surface area contributed by atoms with Gasteiger partial charge < -0.3 is 25.3 Å². The smallest absolute Gasteiger partial charge is 0.322 e. The van der Waals surface area contributed by atoms with Crippen LogP contribution in [0.2, 0.25) is 0 Å². The molecular formula is C25H32N6O2. The molecule has 4 heterocycles. The zero-order chi connectivity index (χ0) is 22.9. The molecule has 1 aromatic carbocycles. The lowest BCUT2D eigenvalue weighted by Gasteiger charge is -2.41. The molecule has 3 amide bonds. The third-order valence-electron chi connectivity index (χ3n) is 6.93. The SMILES string of the molecule is C[C@@H]1CN(C(=O)c2ccnc(N3CCC(N4Cc5ccccc5NC4=O)CC3)c2)C[C@H](C)N1. The Morgan fingerprint density at radius 3 is 2.55 bits per heavy atom. The van der Waals surface area contributed by atoms with E-state index in [1.165, 1.54) is 0 Å². The molecule has 5 rings (SSSR count). The summed E-state index contributed by atoms with van der Waals surface area (Å²) in [7, 11) is 0. The normalized spacial score (nSPS) is 23.8. The molecule has 0 unspecified atom stereocenters. The minimum Gasteiger partial charge on any atom is -0.356 e. The number of fused-ring (bicyclic) bond motifs is 1. The molecular weight excluding hydrogens is 416 g/mol. The largest absolute Gasteiger partial charge is 0.356 e. The molecule has 33 heavy (non-hydrogen) atoms. The van der Waals surface area contributed by atoms with Crippen LogP contribution in [0.3, 0.4) is 0 Å². The van der Waals surface area contributed by atoms with E-state index in [2.05, 4.69) is 40.4 Å². The number of nitrogens with zero attached hydrogens (tertiary/aromatic N) is 4. The Hall–Kier alpha value is -3.13. The van der Waals surface area contributed by atoms with Gasteiger partial charge in [-0.3, -0.25) is 4.79 Å². The first-order valence-electron chi connectivity index (χ1n) is 11.9. The zero-order valence-electron chi connectivity index (χ0n) is 19.3. The van der Waals surface area contributed by atoms with Gasteiger partial charge in [0.15, 0.2) is 0 Å². The van der Waals surface area contributed by atoms with E-state index in [9.17, 15) is 9.59 Å². The van der Waals surface area contributed by atoms with Crippen molar-refractivity contribution in [3.8, 4) is 0 Å². The molecule has 0 radical (unpaired) electrons. The summed E-state index contributed by atoms with van der Waals surface area (Å²) >= 11 is 0. The van der Waals surface area contributed by atoms with Gasteiger partial charge in [0.2, 0.25) is 0 Å². The van der Waals surface area contributed by atoms with Gasteiger partial charge in [-0.15, -0.1) is 0 Å². The summed E-state index contributed by atoms with van der Waals surface area (Å²) in [6.07, 6.45) is 3.49. The summed E-state index contributed by atoms with van der Waals surface area (Å²) < 4.78 is 0. The number of carbonyl (C=O) groups is 2. The van der Waals surface area contributed by atoms with E-state index in [4.69, 9.17) is 0 Å². The van der Waals surface area contributed by atoms with Crippen molar-refractivity contribution in [1.29, 1.82) is 0 Å². The molecule has 3 aliphatic rings. The number of urea groups is 1. The highest BCUT2D eigenvalue weighted by Gasteiger charge is 2.32. The van der Waals surface area contributed by atoms with E-state index in [1.807, 2.05) is 40.1 Å². The van der Waals surface area contributed by atoms with Crippen LogP contribution < -0.4 is 15.5 Å². The monoisotopic (exact) mass is 448 g/mol. The number of aromatic nitrogens is 1. The molecule has 8 nitrogen and oxygen atoms in total. The number of hydrogen-bond acceptors (Lipinski definition) is 5. The lowest BCUT2D eigenvalue weighted by atomic mass is 10.0. The number of para-hydroxylation sites is 1. The van der Waals surface area contributed by atoms with Crippen LogP contribution in [0.25, 0.3) is 0 Å². The second kappa shape index (κ2) is 9.02. The Balaban J connectivity index is 1.23. The lowest BCUT2D eigenvalue weighted by molar-refractivity contribution is 0.0673. The number of benzene rings is 1. The van der Waals surface area contributed by atoms with Crippen LogP contribution in [-0.2, 0) is 6.54 Å². The predicted octanol–water partition coefficient (Wildman–Crippen LogP) is 2.92. The first kappa shape index (κ1) is 21.7. The van der Waals surface area contributed by atoms with Crippen LogP contribution in [0.5, 0.6) is 0 Å². The maximum absolute atomic E-state index is 13.1. The van der Waals surface area contributed by atoms with Crippen molar-refractivity contribution in [3.05, 3.63) is 53.7 Å². The van der Waals surface area contributed by atoms with Gasteiger partial charge in [-0.1, -0.05) is 18.2 Å². The Morgan fingerprint density at radius 2 is 1.79 bits per heavy atom. The second-order valence-electron chi connectivity index (χ2n) is 9.52.